The summed E-state index contributed by atoms with van der Waals surface area (Å²) >= 11 is 0. The normalized spacial score (nSPS) is 22.1. The van der Waals surface area contributed by atoms with E-state index in [0.29, 0.717) is 6.42 Å². The van der Waals surface area contributed by atoms with E-state index in [9.17, 15) is 4.79 Å². The molecule has 0 spiro atoms. The number of hydrogen-bond donors (Lipinski definition) is 2. The van der Waals surface area contributed by atoms with E-state index in [2.05, 4.69) is 24.4 Å². The molecule has 0 heterocycles. The molecule has 0 aromatic heterocycles. The lowest BCUT2D eigenvalue weighted by Crippen LogP contribution is -2.23. The highest BCUT2D eigenvalue weighted by Crippen LogP contribution is 2.19. The first-order valence-corrected chi connectivity index (χ1v) is 6.52. The molecule has 3 nitrogen and oxygen atoms in total. The fraction of sp³-hybridized carbons (Fsp3) is 0.400. The Morgan fingerprint density at radius 1 is 1.33 bits per heavy atom. The molecule has 3 N–H and O–H groups in total. The third-order valence-corrected chi connectivity index (χ3v) is 3.21. The van der Waals surface area contributed by atoms with Crippen molar-refractivity contribution in [1.29, 1.82) is 0 Å². The third kappa shape index (κ3) is 3.20. The van der Waals surface area contributed by atoms with E-state index in [0.717, 1.165) is 18.5 Å². The summed E-state index contributed by atoms with van der Waals surface area (Å²) in [7, 11) is 0. The molecule has 0 radical (unpaired) electrons. The zero-order valence-corrected chi connectivity index (χ0v) is 10.7. The monoisotopic (exact) mass is 244 g/mol. The maximum atomic E-state index is 12.0. The van der Waals surface area contributed by atoms with E-state index in [1.165, 1.54) is 5.56 Å². The number of hydrogen-bond acceptors (Lipinski definition) is 2. The average molecular weight is 244 g/mol. The second-order valence-electron chi connectivity index (χ2n) is 4.83. The van der Waals surface area contributed by atoms with Gasteiger partial charge < -0.3 is 11.1 Å². The van der Waals surface area contributed by atoms with Gasteiger partial charge in [0, 0.05) is 11.7 Å². The van der Waals surface area contributed by atoms with Crippen molar-refractivity contribution in [2.75, 3.05) is 5.32 Å². The van der Waals surface area contributed by atoms with Crippen LogP contribution < -0.4 is 11.1 Å². The summed E-state index contributed by atoms with van der Waals surface area (Å²) in [5, 5.41) is 2.93. The lowest BCUT2D eigenvalue weighted by Gasteiger charge is -2.11. The second-order valence-corrected chi connectivity index (χ2v) is 4.83. The quantitative estimate of drug-likeness (QED) is 0.799. The van der Waals surface area contributed by atoms with Crippen molar-refractivity contribution in [2.24, 2.45) is 11.7 Å². The topological polar surface area (TPSA) is 55.1 Å². The molecule has 1 aromatic rings. The van der Waals surface area contributed by atoms with Gasteiger partial charge in [-0.1, -0.05) is 37.6 Å². The first-order chi connectivity index (χ1) is 8.69. The Hall–Kier alpha value is -1.61. The zero-order chi connectivity index (χ0) is 13.0. The SMILES string of the molecule is CCCc1ccc(NC(=O)C2C=CC(N)C2)cc1. The summed E-state index contributed by atoms with van der Waals surface area (Å²) in [4.78, 5) is 12.0. The Morgan fingerprint density at radius 2 is 2.06 bits per heavy atom. The highest BCUT2D eigenvalue weighted by molar-refractivity contribution is 5.94. The molecule has 2 atom stereocenters. The van der Waals surface area contributed by atoms with Gasteiger partial charge in [0.05, 0.1) is 5.92 Å². The summed E-state index contributed by atoms with van der Waals surface area (Å²) in [5.74, 6) is -0.0576. The maximum Gasteiger partial charge on any atom is 0.231 e. The Bertz CT molecular complexity index is 436. The number of aryl methyl sites for hydroxylation is 1. The van der Waals surface area contributed by atoms with E-state index in [-0.39, 0.29) is 17.9 Å². The molecule has 1 aliphatic rings. The highest BCUT2D eigenvalue weighted by atomic mass is 16.1. The van der Waals surface area contributed by atoms with Crippen molar-refractivity contribution in [1.82, 2.24) is 0 Å². The Kier molecular flexibility index (Phi) is 4.15. The summed E-state index contributed by atoms with van der Waals surface area (Å²) in [6, 6.07) is 8.07. The Labute approximate surface area is 108 Å². The molecular weight excluding hydrogens is 224 g/mol. The van der Waals surface area contributed by atoms with Gasteiger partial charge in [0.15, 0.2) is 0 Å². The molecule has 0 bridgehead atoms. The van der Waals surface area contributed by atoms with Crippen molar-refractivity contribution < 1.29 is 4.79 Å². The summed E-state index contributed by atoms with van der Waals surface area (Å²) in [6.45, 7) is 2.16. The minimum Gasteiger partial charge on any atom is -0.326 e. The van der Waals surface area contributed by atoms with Crippen molar-refractivity contribution in [2.45, 2.75) is 32.2 Å². The Balaban J connectivity index is 1.93. The fourth-order valence-corrected chi connectivity index (χ4v) is 2.20. The van der Waals surface area contributed by atoms with E-state index in [1.807, 2.05) is 24.3 Å². The molecule has 96 valence electrons. The van der Waals surface area contributed by atoms with Gasteiger partial charge in [-0.05, 0) is 30.5 Å². The minimum absolute atomic E-state index is 0.0210. The summed E-state index contributed by atoms with van der Waals surface area (Å²) in [6.07, 6.45) is 6.71. The van der Waals surface area contributed by atoms with Crippen LogP contribution in [0, 0.1) is 5.92 Å². The molecule has 3 heteroatoms. The Morgan fingerprint density at radius 3 is 2.61 bits per heavy atom. The van der Waals surface area contributed by atoms with Crippen LogP contribution in [0.5, 0.6) is 0 Å². The van der Waals surface area contributed by atoms with Crippen LogP contribution in [0.15, 0.2) is 36.4 Å². The van der Waals surface area contributed by atoms with Crippen molar-refractivity contribution in [3.05, 3.63) is 42.0 Å². The molecule has 2 rings (SSSR count). The average Bonchev–Trinajstić information content (AvgIpc) is 2.79. The van der Waals surface area contributed by atoms with Gasteiger partial charge in [-0.25, -0.2) is 0 Å². The molecule has 1 amide bonds. The number of amides is 1. The number of nitrogens with two attached hydrogens (primary N) is 1. The largest absolute Gasteiger partial charge is 0.326 e. The van der Waals surface area contributed by atoms with Gasteiger partial charge in [-0.15, -0.1) is 0 Å². The van der Waals surface area contributed by atoms with E-state index < -0.39 is 0 Å². The van der Waals surface area contributed by atoms with Gasteiger partial charge in [0.1, 0.15) is 0 Å². The van der Waals surface area contributed by atoms with Crippen LogP contribution in [0.2, 0.25) is 0 Å². The number of nitrogens with one attached hydrogen (secondary N) is 1. The predicted octanol–water partition coefficient (Wildman–Crippen LogP) is 2.48. The number of benzene rings is 1. The van der Waals surface area contributed by atoms with Crippen LogP contribution in [0.3, 0.4) is 0 Å². The number of rotatable bonds is 4. The van der Waals surface area contributed by atoms with E-state index in [1.54, 1.807) is 0 Å². The molecule has 1 aromatic carbocycles. The first kappa shape index (κ1) is 12.8. The summed E-state index contributed by atoms with van der Waals surface area (Å²) < 4.78 is 0. The van der Waals surface area contributed by atoms with Gasteiger partial charge in [0.2, 0.25) is 5.91 Å². The van der Waals surface area contributed by atoms with Crippen LogP contribution in [0.1, 0.15) is 25.3 Å². The van der Waals surface area contributed by atoms with Crippen LogP contribution in [-0.2, 0) is 11.2 Å². The lowest BCUT2D eigenvalue weighted by atomic mass is 10.1. The molecular formula is C15H20N2O. The maximum absolute atomic E-state index is 12.0. The second kappa shape index (κ2) is 5.83. The predicted molar refractivity (Wildman–Crippen MR) is 74.3 cm³/mol. The number of carbonyl (C=O) groups is 1. The first-order valence-electron chi connectivity index (χ1n) is 6.52. The molecule has 2 unspecified atom stereocenters. The third-order valence-electron chi connectivity index (χ3n) is 3.21. The molecule has 18 heavy (non-hydrogen) atoms. The highest BCUT2D eigenvalue weighted by Gasteiger charge is 2.22. The molecule has 0 saturated carbocycles. The smallest absolute Gasteiger partial charge is 0.231 e. The van der Waals surface area contributed by atoms with E-state index >= 15 is 0 Å². The van der Waals surface area contributed by atoms with Gasteiger partial charge in [0.25, 0.3) is 0 Å². The standard InChI is InChI=1S/C15H20N2O/c1-2-3-11-4-8-14(9-5-11)17-15(18)12-6-7-13(16)10-12/h4-9,12-13H,2-3,10,16H2,1H3,(H,17,18). The van der Waals surface area contributed by atoms with E-state index in [4.69, 9.17) is 5.73 Å². The zero-order valence-electron chi connectivity index (χ0n) is 10.7. The van der Waals surface area contributed by atoms with Crippen LogP contribution in [0.25, 0.3) is 0 Å². The molecule has 0 saturated heterocycles. The summed E-state index contributed by atoms with van der Waals surface area (Å²) in [5.41, 5.74) is 7.90. The number of carbonyl (C=O) groups excluding carboxylic acids is 1. The van der Waals surface area contributed by atoms with Gasteiger partial charge in [-0.2, -0.15) is 0 Å². The molecule has 0 fully saturated rings. The number of anilines is 1. The van der Waals surface area contributed by atoms with Crippen molar-refractivity contribution >= 4 is 11.6 Å². The van der Waals surface area contributed by atoms with Gasteiger partial charge in [-0.3, -0.25) is 4.79 Å². The molecule has 1 aliphatic carbocycles. The van der Waals surface area contributed by atoms with Gasteiger partial charge >= 0.3 is 0 Å². The van der Waals surface area contributed by atoms with Crippen LogP contribution >= 0.6 is 0 Å². The van der Waals surface area contributed by atoms with Crippen molar-refractivity contribution in [3.63, 3.8) is 0 Å². The van der Waals surface area contributed by atoms with Crippen molar-refractivity contribution in [3.8, 4) is 0 Å². The molecule has 0 aliphatic heterocycles. The van der Waals surface area contributed by atoms with Crippen LogP contribution in [-0.4, -0.2) is 11.9 Å². The minimum atomic E-state index is -0.0877. The fourth-order valence-electron chi connectivity index (χ4n) is 2.20. The lowest BCUT2D eigenvalue weighted by molar-refractivity contribution is -0.118. The van der Waals surface area contributed by atoms with Crippen LogP contribution in [0.4, 0.5) is 5.69 Å².